The van der Waals surface area contributed by atoms with Crippen LogP contribution in [0.1, 0.15) is 51.8 Å². The van der Waals surface area contributed by atoms with Crippen LogP contribution < -0.4 is 5.32 Å². The first-order valence-electron chi connectivity index (χ1n) is 7.22. The predicted molar refractivity (Wildman–Crippen MR) is 78.9 cm³/mol. The molecule has 102 valence electrons. The lowest BCUT2D eigenvalue weighted by molar-refractivity contribution is 0.322. The standard InChI is InChI=1S/C16H28N2/c1-5-10-17-11-9-16(3,4)12-15-8-7-14(6-2)13-18-15/h7-8,13,17H,5-6,9-12H2,1-4H3. The van der Waals surface area contributed by atoms with Crippen LogP contribution in [0.3, 0.4) is 0 Å². The Kier molecular flexibility index (Phi) is 6.34. The van der Waals surface area contributed by atoms with Crippen molar-refractivity contribution in [2.24, 2.45) is 5.41 Å². The number of aromatic nitrogens is 1. The number of hydrogen-bond donors (Lipinski definition) is 1. The second-order valence-electron chi connectivity index (χ2n) is 5.85. The van der Waals surface area contributed by atoms with E-state index in [2.05, 4.69) is 50.1 Å². The fourth-order valence-electron chi connectivity index (χ4n) is 2.08. The fourth-order valence-corrected chi connectivity index (χ4v) is 2.08. The summed E-state index contributed by atoms with van der Waals surface area (Å²) in [7, 11) is 0. The van der Waals surface area contributed by atoms with Crippen molar-refractivity contribution in [2.45, 2.75) is 53.4 Å². The zero-order valence-electron chi connectivity index (χ0n) is 12.4. The molecule has 0 saturated heterocycles. The maximum atomic E-state index is 4.56. The van der Waals surface area contributed by atoms with Crippen LogP contribution in [-0.2, 0) is 12.8 Å². The van der Waals surface area contributed by atoms with Crippen molar-refractivity contribution in [2.75, 3.05) is 13.1 Å². The Labute approximate surface area is 112 Å². The van der Waals surface area contributed by atoms with Crippen molar-refractivity contribution in [3.63, 3.8) is 0 Å². The zero-order valence-corrected chi connectivity index (χ0v) is 12.4. The summed E-state index contributed by atoms with van der Waals surface area (Å²) in [6.45, 7) is 11.3. The van der Waals surface area contributed by atoms with Gasteiger partial charge in [-0.15, -0.1) is 0 Å². The molecule has 0 amide bonds. The maximum Gasteiger partial charge on any atom is 0.0409 e. The monoisotopic (exact) mass is 248 g/mol. The number of nitrogens with zero attached hydrogens (tertiary/aromatic N) is 1. The Bertz CT molecular complexity index is 327. The zero-order chi connectivity index (χ0) is 13.4. The van der Waals surface area contributed by atoms with Gasteiger partial charge in [0.25, 0.3) is 0 Å². The largest absolute Gasteiger partial charge is 0.317 e. The van der Waals surface area contributed by atoms with Crippen molar-refractivity contribution in [1.29, 1.82) is 0 Å². The van der Waals surface area contributed by atoms with Crippen LogP contribution in [0.15, 0.2) is 18.3 Å². The van der Waals surface area contributed by atoms with Gasteiger partial charge in [-0.2, -0.15) is 0 Å². The van der Waals surface area contributed by atoms with Gasteiger partial charge in [0.05, 0.1) is 0 Å². The molecule has 1 heterocycles. The lowest BCUT2D eigenvalue weighted by Gasteiger charge is -2.24. The Morgan fingerprint density at radius 3 is 2.50 bits per heavy atom. The maximum absolute atomic E-state index is 4.56. The van der Waals surface area contributed by atoms with Gasteiger partial charge in [-0.25, -0.2) is 0 Å². The summed E-state index contributed by atoms with van der Waals surface area (Å²) in [6.07, 6.45) is 6.55. The SMILES string of the molecule is CCCNCCC(C)(C)Cc1ccc(CC)cn1. The first-order valence-corrected chi connectivity index (χ1v) is 7.22. The van der Waals surface area contributed by atoms with Gasteiger partial charge in [0.2, 0.25) is 0 Å². The van der Waals surface area contributed by atoms with Crippen LogP contribution >= 0.6 is 0 Å². The third-order valence-corrected chi connectivity index (χ3v) is 3.36. The van der Waals surface area contributed by atoms with E-state index in [-0.39, 0.29) is 0 Å². The molecule has 0 aromatic carbocycles. The van der Waals surface area contributed by atoms with Gasteiger partial charge < -0.3 is 5.32 Å². The van der Waals surface area contributed by atoms with E-state index < -0.39 is 0 Å². The number of hydrogen-bond acceptors (Lipinski definition) is 2. The lowest BCUT2D eigenvalue weighted by Crippen LogP contribution is -2.24. The van der Waals surface area contributed by atoms with Crippen molar-refractivity contribution >= 4 is 0 Å². The third-order valence-electron chi connectivity index (χ3n) is 3.36. The van der Waals surface area contributed by atoms with E-state index in [1.807, 2.05) is 6.20 Å². The van der Waals surface area contributed by atoms with E-state index in [0.717, 1.165) is 25.9 Å². The molecule has 18 heavy (non-hydrogen) atoms. The molecule has 2 nitrogen and oxygen atoms in total. The molecule has 1 rings (SSSR count). The van der Waals surface area contributed by atoms with Crippen LogP contribution in [0.25, 0.3) is 0 Å². The van der Waals surface area contributed by atoms with E-state index in [1.54, 1.807) is 0 Å². The molecular formula is C16H28N2. The number of pyridine rings is 1. The highest BCUT2D eigenvalue weighted by Gasteiger charge is 2.18. The summed E-state index contributed by atoms with van der Waals surface area (Å²) in [5, 5.41) is 3.47. The van der Waals surface area contributed by atoms with Gasteiger partial charge in [-0.05, 0) is 55.8 Å². The van der Waals surface area contributed by atoms with Gasteiger partial charge in [0.15, 0.2) is 0 Å². The molecule has 0 fully saturated rings. The van der Waals surface area contributed by atoms with Crippen molar-refractivity contribution in [3.05, 3.63) is 29.6 Å². The lowest BCUT2D eigenvalue weighted by atomic mass is 9.84. The molecule has 0 radical (unpaired) electrons. The second-order valence-corrected chi connectivity index (χ2v) is 5.85. The summed E-state index contributed by atoms with van der Waals surface area (Å²) < 4.78 is 0. The Hall–Kier alpha value is -0.890. The van der Waals surface area contributed by atoms with Gasteiger partial charge >= 0.3 is 0 Å². The van der Waals surface area contributed by atoms with Crippen LogP contribution in [0, 0.1) is 5.41 Å². The van der Waals surface area contributed by atoms with Crippen LogP contribution in [0.2, 0.25) is 0 Å². The van der Waals surface area contributed by atoms with E-state index >= 15 is 0 Å². The summed E-state index contributed by atoms with van der Waals surface area (Å²) >= 11 is 0. The molecule has 1 aromatic heterocycles. The average Bonchev–Trinajstić information content (AvgIpc) is 2.35. The molecule has 0 atom stereocenters. The second kappa shape index (κ2) is 7.52. The minimum Gasteiger partial charge on any atom is -0.317 e. The molecular weight excluding hydrogens is 220 g/mol. The summed E-state index contributed by atoms with van der Waals surface area (Å²) in [5.41, 5.74) is 2.86. The molecule has 0 bridgehead atoms. The van der Waals surface area contributed by atoms with Crippen molar-refractivity contribution in [3.8, 4) is 0 Å². The summed E-state index contributed by atoms with van der Waals surface area (Å²) in [4.78, 5) is 4.56. The van der Waals surface area contributed by atoms with Crippen LogP contribution in [-0.4, -0.2) is 18.1 Å². The molecule has 1 N–H and O–H groups in total. The Balaban J connectivity index is 2.42. The molecule has 0 aliphatic heterocycles. The van der Waals surface area contributed by atoms with Crippen molar-refractivity contribution in [1.82, 2.24) is 10.3 Å². The predicted octanol–water partition coefficient (Wildman–Crippen LogP) is 3.60. The van der Waals surface area contributed by atoms with E-state index in [1.165, 1.54) is 24.1 Å². The van der Waals surface area contributed by atoms with Crippen LogP contribution in [0.5, 0.6) is 0 Å². The molecule has 1 aromatic rings. The topological polar surface area (TPSA) is 24.9 Å². The normalized spacial score (nSPS) is 11.8. The van der Waals surface area contributed by atoms with Gasteiger partial charge in [-0.1, -0.05) is 33.8 Å². The molecule has 0 unspecified atom stereocenters. The van der Waals surface area contributed by atoms with E-state index in [4.69, 9.17) is 0 Å². The minimum absolute atomic E-state index is 0.321. The Morgan fingerprint density at radius 1 is 1.17 bits per heavy atom. The molecule has 0 spiro atoms. The van der Waals surface area contributed by atoms with E-state index in [9.17, 15) is 0 Å². The smallest absolute Gasteiger partial charge is 0.0409 e. The highest BCUT2D eigenvalue weighted by molar-refractivity contribution is 5.14. The first kappa shape index (κ1) is 15.2. The van der Waals surface area contributed by atoms with Gasteiger partial charge in [-0.3, -0.25) is 4.98 Å². The summed E-state index contributed by atoms with van der Waals surface area (Å²) in [5.74, 6) is 0. The molecule has 2 heteroatoms. The third kappa shape index (κ3) is 5.63. The molecule has 0 aliphatic rings. The van der Waals surface area contributed by atoms with Crippen LogP contribution in [0.4, 0.5) is 0 Å². The number of aryl methyl sites for hydroxylation is 1. The Morgan fingerprint density at radius 2 is 1.94 bits per heavy atom. The van der Waals surface area contributed by atoms with E-state index in [0.29, 0.717) is 5.41 Å². The summed E-state index contributed by atoms with van der Waals surface area (Å²) in [6, 6.07) is 4.38. The van der Waals surface area contributed by atoms with Crippen molar-refractivity contribution < 1.29 is 0 Å². The number of rotatable bonds is 8. The molecule has 0 saturated carbocycles. The molecule has 0 aliphatic carbocycles. The van der Waals surface area contributed by atoms with Gasteiger partial charge in [0, 0.05) is 11.9 Å². The fraction of sp³-hybridized carbons (Fsp3) is 0.688. The quantitative estimate of drug-likeness (QED) is 0.711. The number of nitrogens with one attached hydrogen (secondary N) is 1. The van der Waals surface area contributed by atoms with Gasteiger partial charge in [0.1, 0.15) is 0 Å². The average molecular weight is 248 g/mol. The first-order chi connectivity index (χ1) is 8.57. The highest BCUT2D eigenvalue weighted by atomic mass is 14.8. The highest BCUT2D eigenvalue weighted by Crippen LogP contribution is 2.24. The minimum atomic E-state index is 0.321.